The number of aromatic nitrogens is 1. The lowest BCUT2D eigenvalue weighted by atomic mass is 9.85. The molecule has 0 spiro atoms. The molecular weight excluding hydrogens is 1930 g/mol. The van der Waals surface area contributed by atoms with Gasteiger partial charge in [-0.2, -0.15) is 0 Å². The van der Waals surface area contributed by atoms with Crippen LogP contribution in [0.25, 0.3) is 10.9 Å². The fourth-order valence-corrected chi connectivity index (χ4v) is 16.8. The number of rotatable bonds is 55. The summed E-state index contributed by atoms with van der Waals surface area (Å²) in [7, 11) is 0. The minimum Gasteiger partial charge on any atom is -0.508 e. The van der Waals surface area contributed by atoms with Crippen molar-refractivity contribution in [2.75, 3.05) is 39.4 Å². The standard InChI is InChI=1S/C107H164N20O23/c1-62(2)52-83(118-72(13)129)103(148)120-97(71(12)128)100(145)98(143)82(54-73-30-24-23-25-31-73)126-127-107(15)48-29-22-20-18-16-17-19-21-28-47-106(14,94(139)60-114-67(8)90(135)46-51-112-66(7)89(134)45-50-111-65(6)88(133)44-49-110-64(5)86(131)40-41-87(132)68(9)116-61-117-70(11)102(109)147)121-105(150)84(53-63(3)4)124-122-79(38-42-95(108)140)93(138)59-113-69(10)91(136)57-92(137)81(56-75-58-115-78-33-27-26-32-77(75)78)123-125-85(55-74-34-36-76(130)37-35-74)104(149)119-80(39-43-96(141)142)99(144)101(107)146/h17,19,23-27,30-37,58,62-71,79-85,97,110-117,122-128,130H,16,18,20-22,28-29,38-57,59-61H2,1-15H3,(H2,108,140)(H2,109,147)(H,118,129)(H,119,149)(H,120,148)(H,121,150)(H,141,142)/b19-17+/t64-,65-,66-,67-,68-,69-,70+,71+,79-,80-,81-,82-,83-,84-,85-,97-,106-,107+/m0/s1. The second-order valence-electron chi connectivity index (χ2n) is 40.6. The van der Waals surface area contributed by atoms with Crippen molar-refractivity contribution in [3.63, 3.8) is 0 Å². The number of carboxylic acids is 1. The number of nitrogens with one attached hydrogen (secondary N) is 18. The lowest BCUT2D eigenvalue weighted by Gasteiger charge is -2.33. The van der Waals surface area contributed by atoms with Gasteiger partial charge in [-0.05, 0) is 199 Å². The second-order valence-corrected chi connectivity index (χ2v) is 40.6. The van der Waals surface area contributed by atoms with Gasteiger partial charge in [0.2, 0.25) is 58.6 Å². The fourth-order valence-electron chi connectivity index (χ4n) is 16.8. The van der Waals surface area contributed by atoms with Gasteiger partial charge in [-0.25, -0.2) is 32.6 Å². The lowest BCUT2D eigenvalue weighted by Crippen LogP contribution is -2.65. The number of phenolic OH excluding ortho intramolecular Hbond substituents is 1. The molecule has 0 unspecified atom stereocenters. The number of benzene rings is 3. The van der Waals surface area contributed by atoms with Crippen LogP contribution in [0.3, 0.4) is 0 Å². The molecule has 0 bridgehead atoms. The maximum atomic E-state index is 15.7. The van der Waals surface area contributed by atoms with Crippen molar-refractivity contribution in [1.29, 1.82) is 0 Å². The molecule has 43 nitrogen and oxygen atoms in total. The zero-order valence-electron chi connectivity index (χ0n) is 89.5. The van der Waals surface area contributed by atoms with Gasteiger partial charge in [-0.3, -0.25) is 107 Å². The zero-order chi connectivity index (χ0) is 112. The SMILES string of the molecule is CC(=O)N[C@@H](CC(C)C)C(=O)N[C@H](C(=O)C(=O)[C@H](Cc1ccccc1)NN[C@]1(C)CCCCCC/C=C/CCC[C@@](C)(C(=O)CN[C@@H](C)C(=O)CCN[C@@H](C)C(=O)CCN[C@@H](C)C(=O)CCN[C@@H](C)C(=O)CCC(=O)[C@H](C)NCN[C@H](C)C(N)=O)NC(=O)[C@H](CC(C)C)NN[C@@H](CCC(N)=O)C(=O)CN[C@@H](C)C(=O)CC(=O)[C@H](Cc2c[nH]c3ccccc23)NN[C@@H](Cc2ccc(O)cc2)C(=O)N[C@@H](CCC(=O)O)C(=O)C1=O)[C@@H](C)O. The Kier molecular flexibility index (Phi) is 56.7. The average molecular weight is 2100 g/mol. The molecule has 1 aliphatic heterocycles. The summed E-state index contributed by atoms with van der Waals surface area (Å²) >= 11 is 0. The summed E-state index contributed by atoms with van der Waals surface area (Å²) in [5, 5.41) is 64.0. The molecule has 43 heteroatoms. The van der Waals surface area contributed by atoms with E-state index in [9.17, 15) is 92.0 Å². The van der Waals surface area contributed by atoms with Crippen LogP contribution in [0.15, 0.2) is 97.2 Å². The highest BCUT2D eigenvalue weighted by molar-refractivity contribution is 6.43. The average Bonchev–Trinajstić information content (AvgIpc) is 1.68. The maximum absolute atomic E-state index is 15.7. The number of ketones is 13. The van der Waals surface area contributed by atoms with E-state index in [2.05, 4.69) is 96.0 Å². The van der Waals surface area contributed by atoms with Gasteiger partial charge < -0.3 is 79.6 Å². The first-order valence-electron chi connectivity index (χ1n) is 52.1. The molecule has 25 N–H and O–H groups in total. The van der Waals surface area contributed by atoms with Crippen LogP contribution in [0.2, 0.25) is 0 Å². The van der Waals surface area contributed by atoms with Crippen LogP contribution in [-0.2, 0) is 115 Å². The molecule has 0 saturated heterocycles. The number of phenols is 1. The van der Waals surface area contributed by atoms with Crippen molar-refractivity contribution in [3.05, 3.63) is 114 Å². The molecule has 0 aliphatic carbocycles. The predicted octanol–water partition coefficient (Wildman–Crippen LogP) is 1.85. The van der Waals surface area contributed by atoms with Crippen LogP contribution in [0.4, 0.5) is 0 Å². The number of aromatic amines is 1. The number of carboxylic acid groups (broad SMARTS) is 1. The molecule has 1 aromatic heterocycles. The quantitative estimate of drug-likeness (QED) is 0.00986. The highest BCUT2D eigenvalue weighted by Crippen LogP contribution is 2.26. The van der Waals surface area contributed by atoms with E-state index in [1.54, 1.807) is 123 Å². The van der Waals surface area contributed by atoms with Crippen molar-refractivity contribution in [3.8, 4) is 5.75 Å². The Morgan fingerprint density at radius 3 is 1.63 bits per heavy atom. The molecule has 6 amide bonds. The number of para-hydroxylation sites is 1. The Morgan fingerprint density at radius 2 is 1.05 bits per heavy atom. The van der Waals surface area contributed by atoms with E-state index < -0.39 is 228 Å². The van der Waals surface area contributed by atoms with Crippen LogP contribution in [0.1, 0.15) is 255 Å². The number of carbonyl (C=O) groups excluding carboxylic acids is 19. The molecule has 2 heterocycles. The van der Waals surface area contributed by atoms with Crippen LogP contribution in [0.5, 0.6) is 5.75 Å². The van der Waals surface area contributed by atoms with Gasteiger partial charge >= 0.3 is 5.97 Å². The number of hydrogen-bond acceptors (Lipinski definition) is 35. The molecule has 5 rings (SSSR count). The third-order valence-corrected chi connectivity index (χ3v) is 26.7. The summed E-state index contributed by atoms with van der Waals surface area (Å²) in [4.78, 5) is 281. The van der Waals surface area contributed by atoms with Crippen molar-refractivity contribution < 1.29 is 111 Å². The largest absolute Gasteiger partial charge is 0.508 e. The number of primary amides is 2. The summed E-state index contributed by atoms with van der Waals surface area (Å²) in [6.07, 6.45) is 3.34. The number of allylic oxidation sites excluding steroid dienone is 2. The van der Waals surface area contributed by atoms with Crippen LogP contribution >= 0.6 is 0 Å². The number of aliphatic carboxylic acids is 1. The highest BCUT2D eigenvalue weighted by Gasteiger charge is 2.45. The first-order chi connectivity index (χ1) is 70.8. The molecule has 3 aromatic carbocycles. The molecule has 0 fully saturated rings. The minimum absolute atomic E-state index is 0.00422. The normalized spacial score (nSPS) is 21.7. The van der Waals surface area contributed by atoms with Crippen LogP contribution in [-0.4, -0.2) is 284 Å². The van der Waals surface area contributed by atoms with Gasteiger partial charge in [0, 0.05) is 95.3 Å². The van der Waals surface area contributed by atoms with Gasteiger partial charge in [0.15, 0.2) is 40.5 Å². The highest BCUT2D eigenvalue weighted by atomic mass is 16.4. The van der Waals surface area contributed by atoms with E-state index in [0.29, 0.717) is 66.1 Å². The molecule has 4 aromatic rings. The second kappa shape index (κ2) is 66.1. The van der Waals surface area contributed by atoms with Gasteiger partial charge in [0.25, 0.3) is 0 Å². The number of H-pyrrole nitrogens is 1. The van der Waals surface area contributed by atoms with Gasteiger partial charge in [0.1, 0.15) is 41.5 Å². The number of aliphatic hydroxyl groups is 1. The molecule has 1 aliphatic rings. The molecule has 0 saturated carbocycles. The first-order valence-corrected chi connectivity index (χ1v) is 52.1. The van der Waals surface area contributed by atoms with Crippen molar-refractivity contribution >= 4 is 127 Å². The van der Waals surface area contributed by atoms with Crippen molar-refractivity contribution in [1.82, 2.24) is 96.0 Å². The zero-order valence-corrected chi connectivity index (χ0v) is 89.5. The first kappa shape index (κ1) is 129. The number of aliphatic hydroxyl groups excluding tert-OH is 1. The fraction of sp³-hybridized carbons (Fsp3) is 0.607. The summed E-state index contributed by atoms with van der Waals surface area (Å²) in [5.74, 6) is -15.0. The smallest absolute Gasteiger partial charge is 0.303 e. The molecule has 830 valence electrons. The number of nitrogens with two attached hydrogens (primary N) is 2. The Morgan fingerprint density at radius 1 is 0.513 bits per heavy atom. The van der Waals surface area contributed by atoms with Crippen LogP contribution in [0, 0.1) is 11.8 Å². The Hall–Kier alpha value is -11.8. The van der Waals surface area contributed by atoms with Crippen LogP contribution < -0.4 is 103 Å². The third-order valence-electron chi connectivity index (χ3n) is 26.7. The predicted molar refractivity (Wildman–Crippen MR) is 564 cm³/mol. The van der Waals surface area contributed by atoms with E-state index in [-0.39, 0.29) is 169 Å². The third kappa shape index (κ3) is 46.2. The molecule has 18 atom stereocenters. The molecular formula is C107H164N20O23. The molecule has 0 radical (unpaired) electrons. The van der Waals surface area contributed by atoms with E-state index in [4.69, 9.17) is 11.5 Å². The van der Waals surface area contributed by atoms with Crippen molar-refractivity contribution in [2.24, 2.45) is 23.3 Å². The number of Topliss-reactive ketones (excluding diaryl/α,β-unsaturated/α-hetero) is 13. The monoisotopic (exact) mass is 2100 g/mol. The van der Waals surface area contributed by atoms with E-state index >= 15 is 19.2 Å². The van der Waals surface area contributed by atoms with E-state index in [1.807, 2.05) is 26.0 Å². The number of fused-ring (bicyclic) bond motifs is 1. The minimum atomic E-state index is -2.09. The summed E-state index contributed by atoms with van der Waals surface area (Å²) < 4.78 is 0. The van der Waals surface area contributed by atoms with Gasteiger partial charge in [-0.1, -0.05) is 120 Å². The Balaban J connectivity index is 1.45. The van der Waals surface area contributed by atoms with Gasteiger partial charge in [0.05, 0.1) is 103 Å². The lowest BCUT2D eigenvalue weighted by molar-refractivity contribution is -0.144. The summed E-state index contributed by atoms with van der Waals surface area (Å²) in [5.41, 5.74) is 26.9. The van der Waals surface area contributed by atoms with E-state index in [1.165, 1.54) is 52.0 Å². The maximum Gasteiger partial charge on any atom is 0.303 e. The van der Waals surface area contributed by atoms with Crippen molar-refractivity contribution in [2.45, 2.75) is 366 Å². The number of hydrazine groups is 3. The van der Waals surface area contributed by atoms with E-state index in [0.717, 1.165) is 0 Å². The Bertz CT molecular complexity index is 5210. The summed E-state index contributed by atoms with van der Waals surface area (Å²) in [6.45, 7) is 23.4. The number of aromatic hydroxyl groups is 1. The number of carbonyl (C=O) groups is 20. The number of hydrogen-bond donors (Lipinski definition) is 23. The Labute approximate surface area is 878 Å². The summed E-state index contributed by atoms with van der Waals surface area (Å²) in [6, 6.07) is 3.92. The topological polar surface area (TPSA) is 674 Å². The molecule has 150 heavy (non-hydrogen) atoms. The number of amides is 6. The van der Waals surface area contributed by atoms with Gasteiger partial charge in [-0.15, -0.1) is 0 Å².